The summed E-state index contributed by atoms with van der Waals surface area (Å²) in [6, 6.07) is 1.28. The monoisotopic (exact) mass is 196 g/mol. The fraction of sp³-hybridized carbons (Fsp3) is 1.00. The molecule has 14 heavy (non-hydrogen) atoms. The van der Waals surface area contributed by atoms with Crippen LogP contribution in [0.5, 0.6) is 0 Å². The summed E-state index contributed by atoms with van der Waals surface area (Å²) in [5.74, 6) is 1.70. The molecule has 2 rings (SSSR count). The Bertz CT molecular complexity index is 183. The van der Waals surface area contributed by atoms with Gasteiger partial charge in [0.2, 0.25) is 0 Å². The first-order chi connectivity index (χ1) is 6.70. The molecule has 2 nitrogen and oxygen atoms in total. The lowest BCUT2D eigenvalue weighted by molar-refractivity contribution is 0.232. The Morgan fingerprint density at radius 2 is 2.07 bits per heavy atom. The van der Waals surface area contributed by atoms with Crippen LogP contribution in [0, 0.1) is 11.8 Å². The molecule has 1 saturated heterocycles. The standard InChI is InChI=1S/C12H24N2/c1-3-10-4-5-11(6-10)14-7-9(2)12(13)8-14/h9-12H,3-8,13H2,1-2H3. The molecular weight excluding hydrogens is 172 g/mol. The Balaban J connectivity index is 1.86. The van der Waals surface area contributed by atoms with E-state index in [9.17, 15) is 0 Å². The van der Waals surface area contributed by atoms with Gasteiger partial charge in [-0.1, -0.05) is 20.3 Å². The van der Waals surface area contributed by atoms with Gasteiger partial charge in [0.1, 0.15) is 0 Å². The zero-order valence-corrected chi connectivity index (χ0v) is 9.58. The number of nitrogens with zero attached hydrogens (tertiary/aromatic N) is 1. The summed E-state index contributed by atoms with van der Waals surface area (Å²) in [6.07, 6.45) is 5.65. The van der Waals surface area contributed by atoms with Crippen LogP contribution in [0.1, 0.15) is 39.5 Å². The zero-order valence-electron chi connectivity index (χ0n) is 9.58. The molecule has 1 heterocycles. The maximum Gasteiger partial charge on any atom is 0.0206 e. The number of rotatable bonds is 2. The van der Waals surface area contributed by atoms with Gasteiger partial charge in [0, 0.05) is 25.2 Å². The molecule has 4 atom stereocenters. The first-order valence-electron chi connectivity index (χ1n) is 6.20. The quantitative estimate of drug-likeness (QED) is 0.730. The fourth-order valence-corrected chi connectivity index (χ4v) is 3.08. The van der Waals surface area contributed by atoms with Crippen molar-refractivity contribution in [3.05, 3.63) is 0 Å². The van der Waals surface area contributed by atoms with E-state index in [2.05, 4.69) is 18.7 Å². The van der Waals surface area contributed by atoms with Crippen molar-refractivity contribution >= 4 is 0 Å². The van der Waals surface area contributed by atoms with Gasteiger partial charge in [-0.25, -0.2) is 0 Å². The van der Waals surface area contributed by atoms with Crippen LogP contribution in [0.2, 0.25) is 0 Å². The summed E-state index contributed by atoms with van der Waals surface area (Å²) in [5.41, 5.74) is 6.06. The second kappa shape index (κ2) is 4.19. The topological polar surface area (TPSA) is 29.3 Å². The van der Waals surface area contributed by atoms with E-state index < -0.39 is 0 Å². The average Bonchev–Trinajstić information content (AvgIpc) is 2.74. The highest BCUT2D eigenvalue weighted by Crippen LogP contribution is 2.33. The highest BCUT2D eigenvalue weighted by atomic mass is 15.2. The first kappa shape index (κ1) is 10.4. The SMILES string of the molecule is CCC1CCC(N2CC(C)C(N)C2)C1. The Morgan fingerprint density at radius 3 is 2.57 bits per heavy atom. The lowest BCUT2D eigenvalue weighted by atomic mass is 10.1. The Morgan fingerprint density at radius 1 is 1.29 bits per heavy atom. The summed E-state index contributed by atoms with van der Waals surface area (Å²) < 4.78 is 0. The maximum atomic E-state index is 6.06. The van der Waals surface area contributed by atoms with Crippen molar-refractivity contribution in [3.63, 3.8) is 0 Å². The predicted octanol–water partition coefficient (Wildman–Crippen LogP) is 1.84. The molecule has 0 aromatic carbocycles. The third-order valence-electron chi connectivity index (χ3n) is 4.31. The van der Waals surface area contributed by atoms with Gasteiger partial charge in [-0.2, -0.15) is 0 Å². The van der Waals surface area contributed by atoms with Crippen molar-refractivity contribution in [2.24, 2.45) is 17.6 Å². The van der Waals surface area contributed by atoms with Crippen LogP contribution in [0.4, 0.5) is 0 Å². The van der Waals surface area contributed by atoms with Gasteiger partial charge in [0.05, 0.1) is 0 Å². The van der Waals surface area contributed by atoms with Crippen molar-refractivity contribution in [2.45, 2.75) is 51.6 Å². The fourth-order valence-electron chi connectivity index (χ4n) is 3.08. The summed E-state index contributed by atoms with van der Waals surface area (Å²) in [6.45, 7) is 6.99. The molecule has 2 N–H and O–H groups in total. The number of nitrogens with two attached hydrogens (primary N) is 1. The van der Waals surface area contributed by atoms with Gasteiger partial charge in [-0.05, 0) is 31.1 Å². The van der Waals surface area contributed by atoms with Crippen LogP contribution in [-0.2, 0) is 0 Å². The molecular formula is C12H24N2. The van der Waals surface area contributed by atoms with Gasteiger partial charge in [-0.15, -0.1) is 0 Å². The molecule has 2 fully saturated rings. The Hall–Kier alpha value is -0.0800. The van der Waals surface area contributed by atoms with E-state index in [1.165, 1.54) is 32.2 Å². The van der Waals surface area contributed by atoms with Gasteiger partial charge in [0.15, 0.2) is 0 Å². The number of likely N-dealkylation sites (tertiary alicyclic amines) is 1. The smallest absolute Gasteiger partial charge is 0.0206 e. The molecule has 2 heteroatoms. The molecule has 4 unspecified atom stereocenters. The molecule has 1 aliphatic heterocycles. The van der Waals surface area contributed by atoms with Crippen LogP contribution in [0.25, 0.3) is 0 Å². The van der Waals surface area contributed by atoms with Crippen LogP contribution >= 0.6 is 0 Å². The van der Waals surface area contributed by atoms with Gasteiger partial charge < -0.3 is 5.73 Å². The summed E-state index contributed by atoms with van der Waals surface area (Å²) >= 11 is 0. The molecule has 2 aliphatic rings. The molecule has 1 saturated carbocycles. The van der Waals surface area contributed by atoms with Crippen molar-refractivity contribution in [1.82, 2.24) is 4.90 Å². The van der Waals surface area contributed by atoms with E-state index in [0.29, 0.717) is 12.0 Å². The third-order valence-corrected chi connectivity index (χ3v) is 4.31. The molecule has 0 aromatic heterocycles. The van der Waals surface area contributed by atoms with Crippen molar-refractivity contribution in [3.8, 4) is 0 Å². The van der Waals surface area contributed by atoms with E-state index in [-0.39, 0.29) is 0 Å². The van der Waals surface area contributed by atoms with E-state index in [1.54, 1.807) is 0 Å². The lowest BCUT2D eigenvalue weighted by Crippen LogP contribution is -2.34. The molecule has 0 spiro atoms. The molecule has 0 amide bonds. The van der Waals surface area contributed by atoms with E-state index >= 15 is 0 Å². The second-order valence-corrected chi connectivity index (χ2v) is 5.34. The minimum absolute atomic E-state index is 0.427. The average molecular weight is 196 g/mol. The van der Waals surface area contributed by atoms with E-state index in [4.69, 9.17) is 5.73 Å². The van der Waals surface area contributed by atoms with Crippen LogP contribution in [0.15, 0.2) is 0 Å². The Kier molecular flexibility index (Phi) is 3.13. The second-order valence-electron chi connectivity index (χ2n) is 5.34. The molecule has 0 bridgehead atoms. The predicted molar refractivity (Wildman–Crippen MR) is 60.1 cm³/mol. The lowest BCUT2D eigenvalue weighted by Gasteiger charge is -2.23. The van der Waals surface area contributed by atoms with Crippen molar-refractivity contribution in [2.75, 3.05) is 13.1 Å². The maximum absolute atomic E-state index is 6.06. The van der Waals surface area contributed by atoms with E-state index in [0.717, 1.165) is 18.5 Å². The van der Waals surface area contributed by atoms with Crippen LogP contribution < -0.4 is 5.73 Å². The molecule has 0 radical (unpaired) electrons. The number of hydrogen-bond donors (Lipinski definition) is 1. The van der Waals surface area contributed by atoms with Gasteiger partial charge in [-0.3, -0.25) is 4.90 Å². The summed E-state index contributed by atoms with van der Waals surface area (Å²) in [5, 5.41) is 0. The highest BCUT2D eigenvalue weighted by Gasteiger charge is 2.34. The molecule has 1 aliphatic carbocycles. The van der Waals surface area contributed by atoms with Crippen LogP contribution in [0.3, 0.4) is 0 Å². The van der Waals surface area contributed by atoms with Gasteiger partial charge in [0.25, 0.3) is 0 Å². The van der Waals surface area contributed by atoms with E-state index in [1.807, 2.05) is 0 Å². The first-order valence-corrected chi connectivity index (χ1v) is 6.20. The van der Waals surface area contributed by atoms with Crippen molar-refractivity contribution in [1.29, 1.82) is 0 Å². The molecule has 0 aromatic rings. The van der Waals surface area contributed by atoms with Crippen LogP contribution in [-0.4, -0.2) is 30.1 Å². The normalized spacial score (nSPS) is 44.8. The minimum atomic E-state index is 0.427. The molecule has 82 valence electrons. The number of hydrogen-bond acceptors (Lipinski definition) is 2. The Labute approximate surface area is 87.8 Å². The highest BCUT2D eigenvalue weighted by molar-refractivity contribution is 4.91. The van der Waals surface area contributed by atoms with Gasteiger partial charge >= 0.3 is 0 Å². The summed E-state index contributed by atoms with van der Waals surface area (Å²) in [7, 11) is 0. The summed E-state index contributed by atoms with van der Waals surface area (Å²) in [4.78, 5) is 2.64. The minimum Gasteiger partial charge on any atom is -0.326 e. The largest absolute Gasteiger partial charge is 0.326 e. The third kappa shape index (κ3) is 1.96. The zero-order chi connectivity index (χ0) is 10.1. The van der Waals surface area contributed by atoms with Crippen molar-refractivity contribution < 1.29 is 0 Å².